The highest BCUT2D eigenvalue weighted by atomic mass is 35.5. The Kier molecular flexibility index (Phi) is 13.1. The first-order valence-electron chi connectivity index (χ1n) is 9.13. The van der Waals surface area contributed by atoms with E-state index in [9.17, 15) is 8.42 Å². The van der Waals surface area contributed by atoms with E-state index in [2.05, 4.69) is 5.32 Å². The maximum absolute atomic E-state index is 11.7. The average molecular weight is 472 g/mol. The van der Waals surface area contributed by atoms with Gasteiger partial charge >= 0.3 is 0 Å². The van der Waals surface area contributed by atoms with Gasteiger partial charge in [0.1, 0.15) is 17.3 Å². The van der Waals surface area contributed by atoms with Crippen LogP contribution in [0.5, 0.6) is 17.2 Å². The van der Waals surface area contributed by atoms with Gasteiger partial charge in [0.05, 0.1) is 13.7 Å². The molecule has 165 valence electrons. The fraction of sp³-hybridized carbons (Fsp3) is 0.400. The maximum atomic E-state index is 11.7. The first kappa shape index (κ1) is 28.5. The summed E-state index contributed by atoms with van der Waals surface area (Å²) in [5.41, 5.74) is 0.854. The molecule has 3 radical (unpaired) electrons. The van der Waals surface area contributed by atoms with Gasteiger partial charge in [-0.3, -0.25) is 0 Å². The van der Waals surface area contributed by atoms with Crippen LogP contribution >= 0.6 is 12.4 Å². The van der Waals surface area contributed by atoms with E-state index in [0.29, 0.717) is 31.9 Å². The largest absolute Gasteiger partial charge is 0.495 e. The van der Waals surface area contributed by atoms with Crippen LogP contribution in [0.1, 0.15) is 19.4 Å². The number of primary sulfonamides is 1. The Morgan fingerprint density at radius 1 is 1.07 bits per heavy atom. The molecule has 1 atom stereocenters. The summed E-state index contributed by atoms with van der Waals surface area (Å²) in [4.78, 5) is -0.00411. The zero-order valence-corrected chi connectivity index (χ0v) is 20.2. The van der Waals surface area contributed by atoms with Crippen LogP contribution in [0, 0.1) is 0 Å². The van der Waals surface area contributed by atoms with Crippen molar-refractivity contribution in [2.24, 2.45) is 5.14 Å². The van der Waals surface area contributed by atoms with Gasteiger partial charge in [-0.25, -0.2) is 13.6 Å². The van der Waals surface area contributed by atoms with Gasteiger partial charge in [0.25, 0.3) is 0 Å². The summed E-state index contributed by atoms with van der Waals surface area (Å²) in [5.74, 6) is 1.69. The fourth-order valence-corrected chi connectivity index (χ4v) is 3.55. The lowest BCUT2D eigenvalue weighted by Crippen LogP contribution is -2.32. The van der Waals surface area contributed by atoms with E-state index in [-0.39, 0.29) is 46.5 Å². The summed E-state index contributed by atoms with van der Waals surface area (Å²) in [5, 5.41) is 8.63. The van der Waals surface area contributed by atoms with Crippen molar-refractivity contribution in [3.63, 3.8) is 0 Å². The van der Waals surface area contributed by atoms with E-state index in [0.717, 1.165) is 11.3 Å². The molecule has 0 aromatic heterocycles. The molecule has 0 heterocycles. The molecule has 0 unspecified atom stereocenters. The number of rotatable bonds is 11. The molecule has 0 spiro atoms. The minimum absolute atomic E-state index is 0. The van der Waals surface area contributed by atoms with Crippen molar-refractivity contribution >= 4 is 39.8 Å². The third-order valence-corrected chi connectivity index (χ3v) is 5.01. The van der Waals surface area contributed by atoms with Gasteiger partial charge < -0.3 is 19.5 Å². The summed E-state index contributed by atoms with van der Waals surface area (Å²) < 4.78 is 39.9. The molecule has 0 aliphatic heterocycles. The van der Waals surface area contributed by atoms with Gasteiger partial charge in [0, 0.05) is 29.9 Å². The minimum atomic E-state index is -3.84. The van der Waals surface area contributed by atoms with Gasteiger partial charge in [-0.1, -0.05) is 18.2 Å². The number of ether oxygens (including phenoxy) is 3. The lowest BCUT2D eigenvalue weighted by molar-refractivity contribution is 0.272. The molecule has 2 rings (SSSR count). The third-order valence-electron chi connectivity index (χ3n) is 4.08. The number of sulfonamides is 1. The van der Waals surface area contributed by atoms with Gasteiger partial charge in [-0.2, -0.15) is 0 Å². The van der Waals surface area contributed by atoms with Crippen LogP contribution < -0.4 is 24.7 Å². The molecule has 0 bridgehead atoms. The summed E-state index contributed by atoms with van der Waals surface area (Å²) in [6.45, 7) is 5.66. The molecule has 0 amide bonds. The van der Waals surface area contributed by atoms with Crippen molar-refractivity contribution in [3.05, 3.63) is 48.0 Å². The zero-order valence-electron chi connectivity index (χ0n) is 17.5. The number of nitrogens with two attached hydrogens (primary N) is 1. The maximum Gasteiger partial charge on any atom is 0.241 e. The topological polar surface area (TPSA) is 99.9 Å². The van der Waals surface area contributed by atoms with E-state index in [4.69, 9.17) is 19.3 Å². The smallest absolute Gasteiger partial charge is 0.241 e. The quantitative estimate of drug-likeness (QED) is 0.385. The van der Waals surface area contributed by atoms with Crippen molar-refractivity contribution in [2.45, 2.75) is 31.2 Å². The van der Waals surface area contributed by atoms with E-state index in [1.54, 1.807) is 12.1 Å². The number of hydrogen-bond acceptors (Lipinski definition) is 6. The average Bonchev–Trinajstić information content (AvgIpc) is 2.66. The molecule has 30 heavy (non-hydrogen) atoms. The zero-order chi connectivity index (χ0) is 20.6. The first-order chi connectivity index (χ1) is 13.3. The molecule has 0 aliphatic carbocycles. The van der Waals surface area contributed by atoms with E-state index in [1.807, 2.05) is 44.2 Å². The first-order valence-corrected chi connectivity index (χ1v) is 10.7. The standard InChI is InChI=1S/C20H28N2O5S.Al.ClH/c1-4-26-17-7-5-6-8-18(17)27-12-11-22-15(2)13-16-9-10-19(25-3)20(14-16)28(21,23)24;;/h5-10,14-15,22H,4,11-13H2,1-3H3,(H2,21,23,24);;1H/t15-;;/m1../s1. The molecule has 2 aromatic rings. The molecule has 7 nitrogen and oxygen atoms in total. The molecule has 0 aliphatic rings. The SMILES string of the molecule is CCOc1ccccc1OCCN[C@H](C)Cc1ccc(OC)c(S(N)(=O)=O)c1.Cl.[Al]. The lowest BCUT2D eigenvalue weighted by atomic mass is 10.1. The second-order valence-electron chi connectivity index (χ2n) is 6.32. The second kappa shape index (κ2) is 13.8. The summed E-state index contributed by atoms with van der Waals surface area (Å²) in [7, 11) is -2.43. The highest BCUT2D eigenvalue weighted by Gasteiger charge is 2.16. The van der Waals surface area contributed by atoms with Crippen LogP contribution in [0.4, 0.5) is 0 Å². The number of para-hydroxylation sites is 2. The van der Waals surface area contributed by atoms with Crippen molar-refractivity contribution in [1.29, 1.82) is 0 Å². The fourth-order valence-electron chi connectivity index (χ4n) is 2.81. The van der Waals surface area contributed by atoms with Crippen LogP contribution in [0.15, 0.2) is 47.4 Å². The Labute approximate surface area is 195 Å². The predicted molar refractivity (Wildman–Crippen MR) is 122 cm³/mol. The Morgan fingerprint density at radius 2 is 1.70 bits per heavy atom. The summed E-state index contributed by atoms with van der Waals surface area (Å²) in [6, 6.07) is 12.7. The van der Waals surface area contributed by atoms with Crippen molar-refractivity contribution in [3.8, 4) is 17.2 Å². The molecular formula is C20H29AlClN2O5S. The van der Waals surface area contributed by atoms with Gasteiger partial charge in [-0.15, -0.1) is 12.4 Å². The Morgan fingerprint density at radius 3 is 2.27 bits per heavy atom. The summed E-state index contributed by atoms with van der Waals surface area (Å²) >= 11 is 0. The van der Waals surface area contributed by atoms with E-state index < -0.39 is 10.0 Å². The molecule has 0 saturated carbocycles. The van der Waals surface area contributed by atoms with Crippen LogP contribution in [0.25, 0.3) is 0 Å². The molecule has 2 aromatic carbocycles. The van der Waals surface area contributed by atoms with Gasteiger partial charge in [0.15, 0.2) is 11.5 Å². The highest BCUT2D eigenvalue weighted by Crippen LogP contribution is 2.26. The van der Waals surface area contributed by atoms with Gasteiger partial charge in [-0.05, 0) is 50.1 Å². The molecule has 0 saturated heterocycles. The normalized spacial score (nSPS) is 11.6. The number of nitrogens with one attached hydrogen (secondary N) is 1. The predicted octanol–water partition coefficient (Wildman–Crippen LogP) is 2.38. The summed E-state index contributed by atoms with van der Waals surface area (Å²) in [6.07, 6.45) is 0.641. The number of methoxy groups -OCH3 is 1. The van der Waals surface area contributed by atoms with Crippen molar-refractivity contribution < 1.29 is 22.6 Å². The number of hydrogen-bond donors (Lipinski definition) is 2. The Bertz CT molecular complexity index is 883. The van der Waals surface area contributed by atoms with Crippen molar-refractivity contribution in [1.82, 2.24) is 5.32 Å². The van der Waals surface area contributed by atoms with Gasteiger partial charge in [0.2, 0.25) is 10.0 Å². The second-order valence-corrected chi connectivity index (χ2v) is 7.85. The number of benzene rings is 2. The van der Waals surface area contributed by atoms with E-state index in [1.165, 1.54) is 7.11 Å². The molecule has 0 fully saturated rings. The van der Waals surface area contributed by atoms with Crippen LogP contribution in [-0.2, 0) is 16.4 Å². The number of halogens is 1. The molecular weight excluding hydrogens is 443 g/mol. The Hall–Kier alpha value is -1.47. The Balaban J connectivity index is 0.00000420. The molecule has 3 N–H and O–H groups in total. The van der Waals surface area contributed by atoms with Crippen molar-refractivity contribution in [2.75, 3.05) is 26.9 Å². The van der Waals surface area contributed by atoms with Crippen LogP contribution in [0.3, 0.4) is 0 Å². The third kappa shape index (κ3) is 8.72. The highest BCUT2D eigenvalue weighted by molar-refractivity contribution is 7.89. The monoisotopic (exact) mass is 471 g/mol. The van der Waals surface area contributed by atoms with Crippen LogP contribution in [-0.4, -0.2) is 58.7 Å². The lowest BCUT2D eigenvalue weighted by Gasteiger charge is -2.16. The van der Waals surface area contributed by atoms with E-state index >= 15 is 0 Å². The minimum Gasteiger partial charge on any atom is -0.495 e. The van der Waals surface area contributed by atoms with Crippen LogP contribution in [0.2, 0.25) is 0 Å². The molecule has 10 heteroatoms.